The van der Waals surface area contributed by atoms with E-state index in [0.717, 1.165) is 22.6 Å². The van der Waals surface area contributed by atoms with Crippen LogP contribution in [0.3, 0.4) is 0 Å². The van der Waals surface area contributed by atoms with E-state index in [1.807, 2.05) is 30.3 Å². The smallest absolute Gasteiger partial charge is 0.406 e. The first-order valence-corrected chi connectivity index (χ1v) is 9.56. The quantitative estimate of drug-likeness (QED) is 0.538. The average Bonchev–Trinajstić information content (AvgIpc) is 2.74. The summed E-state index contributed by atoms with van der Waals surface area (Å²) in [6.45, 7) is 0.400. The Balaban J connectivity index is 0.000000258. The van der Waals surface area contributed by atoms with E-state index in [2.05, 4.69) is 0 Å². The maximum absolute atomic E-state index is 12.6. The predicted octanol–water partition coefficient (Wildman–Crippen LogP) is 3.57. The Hall–Kier alpha value is -3.47. The van der Waals surface area contributed by atoms with Gasteiger partial charge in [0, 0.05) is 24.1 Å². The number of likely N-dealkylation sites (tertiary alicyclic amines) is 1. The minimum absolute atomic E-state index is 0.0422. The lowest BCUT2D eigenvalue weighted by molar-refractivity contribution is -0.384. The molecule has 3 rings (SSSR count). The summed E-state index contributed by atoms with van der Waals surface area (Å²) in [6, 6.07) is 12.5. The van der Waals surface area contributed by atoms with Crippen molar-refractivity contribution in [2.24, 2.45) is 5.73 Å². The molecule has 0 saturated carbocycles. The van der Waals surface area contributed by atoms with Gasteiger partial charge in [-0.15, -0.1) is 0 Å². The van der Waals surface area contributed by atoms with Crippen molar-refractivity contribution in [3.8, 4) is 0 Å². The summed E-state index contributed by atoms with van der Waals surface area (Å²) in [5.41, 5.74) is 6.56. The van der Waals surface area contributed by atoms with Crippen LogP contribution in [0.15, 0.2) is 54.6 Å². The van der Waals surface area contributed by atoms with Gasteiger partial charge in [-0.25, -0.2) is 4.79 Å². The van der Waals surface area contributed by atoms with Gasteiger partial charge < -0.3 is 15.7 Å². The maximum Gasteiger partial charge on any atom is 0.406 e. The van der Waals surface area contributed by atoms with E-state index >= 15 is 0 Å². The fourth-order valence-electron chi connectivity index (χ4n) is 3.46. The first kappa shape index (κ1) is 24.8. The SMILES string of the molecule is CC1C(c2ccccc2)CC(N)C(=O)N1CC(F)(F)F.O=C(O)c1ccc([N+](=O)[O-])cc1. The summed E-state index contributed by atoms with van der Waals surface area (Å²) >= 11 is 0. The van der Waals surface area contributed by atoms with Crippen molar-refractivity contribution in [3.63, 3.8) is 0 Å². The number of amides is 1. The van der Waals surface area contributed by atoms with Crippen molar-refractivity contribution >= 4 is 17.6 Å². The van der Waals surface area contributed by atoms with Crippen molar-refractivity contribution in [1.29, 1.82) is 0 Å². The van der Waals surface area contributed by atoms with E-state index in [-0.39, 0.29) is 17.2 Å². The lowest BCUT2D eigenvalue weighted by atomic mass is 9.82. The lowest BCUT2D eigenvalue weighted by Crippen LogP contribution is -2.57. The Morgan fingerprint density at radius 2 is 1.75 bits per heavy atom. The number of aromatic carboxylic acids is 1. The first-order valence-electron chi connectivity index (χ1n) is 9.56. The summed E-state index contributed by atoms with van der Waals surface area (Å²) in [5.74, 6) is -1.89. The molecule has 32 heavy (non-hydrogen) atoms. The second kappa shape index (κ2) is 10.2. The second-order valence-electron chi connectivity index (χ2n) is 7.29. The highest BCUT2D eigenvalue weighted by atomic mass is 19.4. The maximum atomic E-state index is 12.6. The third kappa shape index (κ3) is 6.51. The van der Waals surface area contributed by atoms with Gasteiger partial charge in [-0.05, 0) is 31.0 Å². The van der Waals surface area contributed by atoms with Crippen LogP contribution in [0, 0.1) is 10.1 Å². The molecule has 2 aromatic rings. The molecule has 3 atom stereocenters. The number of carbonyl (C=O) groups is 2. The van der Waals surface area contributed by atoms with Gasteiger partial charge in [-0.1, -0.05) is 30.3 Å². The van der Waals surface area contributed by atoms with Crippen LogP contribution < -0.4 is 5.73 Å². The molecule has 172 valence electrons. The second-order valence-corrected chi connectivity index (χ2v) is 7.29. The zero-order valence-corrected chi connectivity index (χ0v) is 17.0. The van der Waals surface area contributed by atoms with Crippen molar-refractivity contribution in [1.82, 2.24) is 4.90 Å². The van der Waals surface area contributed by atoms with Crippen molar-refractivity contribution < 1.29 is 32.8 Å². The van der Waals surface area contributed by atoms with Crippen molar-refractivity contribution in [2.45, 2.75) is 37.5 Å². The number of alkyl halides is 3. The molecule has 0 aromatic heterocycles. The average molecular weight is 453 g/mol. The molecule has 3 N–H and O–H groups in total. The van der Waals surface area contributed by atoms with E-state index in [1.165, 1.54) is 12.1 Å². The molecule has 1 amide bonds. The molecule has 2 aromatic carbocycles. The summed E-state index contributed by atoms with van der Waals surface area (Å²) in [6.07, 6.45) is -4.04. The third-order valence-corrected chi connectivity index (χ3v) is 5.08. The number of benzene rings is 2. The van der Waals surface area contributed by atoms with Crippen LogP contribution in [-0.4, -0.2) is 51.6 Å². The molecule has 0 aliphatic carbocycles. The Labute approximate surface area is 181 Å². The van der Waals surface area contributed by atoms with Gasteiger partial charge in [0.25, 0.3) is 5.69 Å². The molecule has 1 aliphatic heterocycles. The molecule has 8 nitrogen and oxygen atoms in total. The molecule has 0 spiro atoms. The number of nitrogens with two attached hydrogens (primary N) is 1. The minimum atomic E-state index is -4.41. The number of nitro groups is 1. The van der Waals surface area contributed by atoms with Crippen LogP contribution in [0.2, 0.25) is 0 Å². The zero-order valence-electron chi connectivity index (χ0n) is 17.0. The number of halogens is 3. The number of carboxylic acid groups (broad SMARTS) is 1. The summed E-state index contributed by atoms with van der Waals surface area (Å²) in [7, 11) is 0. The molecule has 0 radical (unpaired) electrons. The van der Waals surface area contributed by atoms with E-state index in [1.54, 1.807) is 6.92 Å². The van der Waals surface area contributed by atoms with Crippen LogP contribution in [-0.2, 0) is 4.79 Å². The fourth-order valence-corrected chi connectivity index (χ4v) is 3.46. The zero-order chi connectivity index (χ0) is 24.1. The summed E-state index contributed by atoms with van der Waals surface area (Å²) in [5, 5.41) is 18.6. The molecular weight excluding hydrogens is 431 g/mol. The van der Waals surface area contributed by atoms with E-state index < -0.39 is 41.6 Å². The number of piperidine rings is 1. The van der Waals surface area contributed by atoms with Crippen LogP contribution >= 0.6 is 0 Å². The van der Waals surface area contributed by atoms with Gasteiger partial charge >= 0.3 is 12.1 Å². The normalized spacial score (nSPS) is 20.8. The fraction of sp³-hybridized carbons (Fsp3) is 0.333. The highest BCUT2D eigenvalue weighted by Gasteiger charge is 2.43. The number of hydrogen-bond acceptors (Lipinski definition) is 5. The van der Waals surface area contributed by atoms with Crippen LogP contribution in [0.5, 0.6) is 0 Å². The van der Waals surface area contributed by atoms with Gasteiger partial charge in [-0.2, -0.15) is 13.2 Å². The molecular formula is C21H22F3N3O5. The molecule has 0 bridgehead atoms. The summed E-state index contributed by atoms with van der Waals surface area (Å²) < 4.78 is 37.8. The Morgan fingerprint density at radius 1 is 1.19 bits per heavy atom. The number of non-ortho nitro benzene ring substituents is 1. The van der Waals surface area contributed by atoms with Gasteiger partial charge in [0.05, 0.1) is 16.5 Å². The predicted molar refractivity (Wildman–Crippen MR) is 109 cm³/mol. The van der Waals surface area contributed by atoms with Gasteiger partial charge in [0.1, 0.15) is 6.54 Å². The van der Waals surface area contributed by atoms with Crippen molar-refractivity contribution in [2.75, 3.05) is 6.54 Å². The molecule has 1 fully saturated rings. The van der Waals surface area contributed by atoms with Crippen molar-refractivity contribution in [3.05, 3.63) is 75.8 Å². The molecule has 3 unspecified atom stereocenters. The third-order valence-electron chi connectivity index (χ3n) is 5.08. The molecule has 11 heteroatoms. The van der Waals surface area contributed by atoms with Crippen LogP contribution in [0.4, 0.5) is 18.9 Å². The Kier molecular flexibility index (Phi) is 7.92. The van der Waals surface area contributed by atoms with E-state index in [4.69, 9.17) is 10.8 Å². The minimum Gasteiger partial charge on any atom is -0.478 e. The standard InChI is InChI=1S/C14H17F3N2O.C7H5NO4/c1-9-11(10-5-3-2-4-6-10)7-12(18)13(20)19(9)8-14(15,16)17;9-7(10)5-1-3-6(4-2-5)8(11)12/h2-6,9,11-12H,7-8,18H2,1H3;1-4H,(H,9,10). The molecule has 1 aliphatic rings. The summed E-state index contributed by atoms with van der Waals surface area (Å²) in [4.78, 5) is 32.6. The topological polar surface area (TPSA) is 127 Å². The monoisotopic (exact) mass is 453 g/mol. The highest BCUT2D eigenvalue weighted by molar-refractivity contribution is 5.87. The number of nitro benzene ring substituents is 1. The molecule has 1 heterocycles. The molecule has 1 saturated heterocycles. The Bertz CT molecular complexity index is 918. The number of nitrogens with zero attached hydrogens (tertiary/aromatic N) is 2. The number of carboxylic acids is 1. The van der Waals surface area contributed by atoms with Gasteiger partial charge in [0.2, 0.25) is 5.91 Å². The number of rotatable bonds is 4. The van der Waals surface area contributed by atoms with E-state index in [9.17, 15) is 32.9 Å². The van der Waals surface area contributed by atoms with E-state index in [0.29, 0.717) is 6.42 Å². The van der Waals surface area contributed by atoms with Crippen LogP contribution in [0.25, 0.3) is 0 Å². The number of hydrogen-bond donors (Lipinski definition) is 2. The Morgan fingerprint density at radius 3 is 2.22 bits per heavy atom. The number of carbonyl (C=O) groups excluding carboxylic acids is 1. The van der Waals surface area contributed by atoms with Gasteiger partial charge in [-0.3, -0.25) is 14.9 Å². The first-order chi connectivity index (χ1) is 14.9. The largest absolute Gasteiger partial charge is 0.478 e. The lowest BCUT2D eigenvalue weighted by Gasteiger charge is -2.42. The van der Waals surface area contributed by atoms with Crippen LogP contribution in [0.1, 0.15) is 35.2 Å². The highest BCUT2D eigenvalue weighted by Crippen LogP contribution is 2.34. The van der Waals surface area contributed by atoms with Gasteiger partial charge in [0.15, 0.2) is 0 Å².